The third-order valence-corrected chi connectivity index (χ3v) is 5.21. The van der Waals surface area contributed by atoms with Crippen molar-refractivity contribution in [3.8, 4) is 0 Å². The minimum atomic E-state index is 0.581. The predicted octanol–water partition coefficient (Wildman–Crippen LogP) is 4.32. The summed E-state index contributed by atoms with van der Waals surface area (Å²) in [5.74, 6) is 2.81. The second-order valence-corrected chi connectivity index (χ2v) is 6.69. The van der Waals surface area contributed by atoms with E-state index < -0.39 is 0 Å². The molecule has 110 valence electrons. The second-order valence-electron chi connectivity index (χ2n) is 5.67. The number of thioether (sulfide) groups is 1. The van der Waals surface area contributed by atoms with Crippen LogP contribution in [0.1, 0.15) is 48.7 Å². The van der Waals surface area contributed by atoms with Gasteiger partial charge in [0.2, 0.25) is 0 Å². The predicted molar refractivity (Wildman–Crippen MR) is 88.4 cm³/mol. The molecule has 0 radical (unpaired) electrons. The fourth-order valence-corrected chi connectivity index (χ4v) is 3.78. The Kier molecular flexibility index (Phi) is 4.44. The Morgan fingerprint density at radius 2 is 1.95 bits per heavy atom. The zero-order valence-corrected chi connectivity index (χ0v) is 13.2. The van der Waals surface area contributed by atoms with E-state index in [9.17, 15) is 0 Å². The molecule has 0 bridgehead atoms. The number of benzene rings is 1. The van der Waals surface area contributed by atoms with Gasteiger partial charge in [0.15, 0.2) is 0 Å². The average Bonchev–Trinajstić information content (AvgIpc) is 3.00. The Bertz CT molecular complexity index is 621. The van der Waals surface area contributed by atoms with E-state index in [1.807, 2.05) is 6.07 Å². The Balaban J connectivity index is 1.74. The molecule has 1 fully saturated rings. The van der Waals surface area contributed by atoms with Gasteiger partial charge >= 0.3 is 0 Å². The maximum absolute atomic E-state index is 5.97. The van der Waals surface area contributed by atoms with E-state index in [0.717, 1.165) is 17.3 Å². The molecule has 0 saturated heterocycles. The second kappa shape index (κ2) is 6.48. The van der Waals surface area contributed by atoms with Crippen molar-refractivity contribution in [2.75, 3.05) is 5.73 Å². The SMILES string of the molecule is Cc1ccccc1SCc1nc(N)cc(C2CCCC2)n1. The number of nitrogens with two attached hydrogens (primary N) is 1. The smallest absolute Gasteiger partial charge is 0.141 e. The van der Waals surface area contributed by atoms with Crippen LogP contribution in [-0.4, -0.2) is 9.97 Å². The molecule has 3 nitrogen and oxygen atoms in total. The van der Waals surface area contributed by atoms with Gasteiger partial charge in [-0.2, -0.15) is 0 Å². The number of hydrogen-bond acceptors (Lipinski definition) is 4. The van der Waals surface area contributed by atoms with Crippen molar-refractivity contribution in [1.29, 1.82) is 0 Å². The monoisotopic (exact) mass is 299 g/mol. The maximum atomic E-state index is 5.97. The van der Waals surface area contributed by atoms with E-state index in [1.165, 1.54) is 36.1 Å². The first-order valence-electron chi connectivity index (χ1n) is 7.54. The first kappa shape index (κ1) is 14.4. The third-order valence-electron chi connectivity index (χ3n) is 4.04. The van der Waals surface area contributed by atoms with Gasteiger partial charge in [-0.15, -0.1) is 11.8 Å². The molecular formula is C17H21N3S. The number of aryl methyl sites for hydroxylation is 1. The summed E-state index contributed by atoms with van der Waals surface area (Å²) in [6.45, 7) is 2.13. The molecule has 1 aliphatic carbocycles. The number of aromatic nitrogens is 2. The highest BCUT2D eigenvalue weighted by molar-refractivity contribution is 7.98. The van der Waals surface area contributed by atoms with Crippen molar-refractivity contribution >= 4 is 17.6 Å². The molecule has 21 heavy (non-hydrogen) atoms. The molecule has 1 heterocycles. The van der Waals surface area contributed by atoms with Gasteiger partial charge in [0.1, 0.15) is 11.6 Å². The minimum Gasteiger partial charge on any atom is -0.384 e. The van der Waals surface area contributed by atoms with E-state index >= 15 is 0 Å². The Labute approximate surface area is 130 Å². The minimum absolute atomic E-state index is 0.581. The quantitative estimate of drug-likeness (QED) is 0.854. The molecule has 0 atom stereocenters. The lowest BCUT2D eigenvalue weighted by molar-refractivity contribution is 0.689. The molecule has 0 aliphatic heterocycles. The summed E-state index contributed by atoms with van der Waals surface area (Å²) < 4.78 is 0. The lowest BCUT2D eigenvalue weighted by Crippen LogP contribution is -2.05. The van der Waals surface area contributed by atoms with Crippen LogP contribution in [0.2, 0.25) is 0 Å². The van der Waals surface area contributed by atoms with Crippen LogP contribution in [0.4, 0.5) is 5.82 Å². The van der Waals surface area contributed by atoms with Crippen molar-refractivity contribution in [2.45, 2.75) is 49.2 Å². The number of hydrogen-bond donors (Lipinski definition) is 1. The first-order chi connectivity index (χ1) is 10.2. The molecule has 1 aliphatic rings. The normalized spacial score (nSPS) is 15.5. The van der Waals surface area contributed by atoms with E-state index in [2.05, 4.69) is 36.2 Å². The van der Waals surface area contributed by atoms with Crippen molar-refractivity contribution in [3.05, 3.63) is 47.4 Å². The van der Waals surface area contributed by atoms with Gasteiger partial charge in [-0.1, -0.05) is 31.0 Å². The number of nitrogens with zero attached hydrogens (tertiary/aromatic N) is 2. The molecule has 1 aromatic carbocycles. The Morgan fingerprint density at radius 1 is 1.19 bits per heavy atom. The van der Waals surface area contributed by atoms with Gasteiger partial charge < -0.3 is 5.73 Å². The summed E-state index contributed by atoms with van der Waals surface area (Å²) in [7, 11) is 0. The lowest BCUT2D eigenvalue weighted by atomic mass is 10.0. The highest BCUT2D eigenvalue weighted by atomic mass is 32.2. The van der Waals surface area contributed by atoms with E-state index in [1.54, 1.807) is 11.8 Å². The average molecular weight is 299 g/mol. The highest BCUT2D eigenvalue weighted by Crippen LogP contribution is 2.34. The van der Waals surface area contributed by atoms with Gasteiger partial charge in [-0.25, -0.2) is 9.97 Å². The standard InChI is InChI=1S/C17H21N3S/c1-12-6-2-5-9-15(12)21-11-17-19-14(10-16(18)20-17)13-7-3-4-8-13/h2,5-6,9-10,13H,3-4,7-8,11H2,1H3,(H2,18,19,20). The lowest BCUT2D eigenvalue weighted by Gasteiger charge is -2.11. The van der Waals surface area contributed by atoms with Crippen LogP contribution >= 0.6 is 11.8 Å². The summed E-state index contributed by atoms with van der Waals surface area (Å²) in [4.78, 5) is 10.4. The first-order valence-corrected chi connectivity index (χ1v) is 8.52. The Morgan fingerprint density at radius 3 is 2.71 bits per heavy atom. The van der Waals surface area contributed by atoms with Gasteiger partial charge in [0.05, 0.1) is 5.75 Å². The molecule has 3 rings (SSSR count). The van der Waals surface area contributed by atoms with Crippen molar-refractivity contribution in [1.82, 2.24) is 9.97 Å². The van der Waals surface area contributed by atoms with Gasteiger partial charge in [0, 0.05) is 22.6 Å². The van der Waals surface area contributed by atoms with Crippen LogP contribution in [0.5, 0.6) is 0 Å². The van der Waals surface area contributed by atoms with E-state index in [4.69, 9.17) is 10.7 Å². The van der Waals surface area contributed by atoms with Crippen molar-refractivity contribution in [3.63, 3.8) is 0 Å². The highest BCUT2D eigenvalue weighted by Gasteiger charge is 2.19. The molecular weight excluding hydrogens is 278 g/mol. The summed E-state index contributed by atoms with van der Waals surface area (Å²) >= 11 is 1.78. The van der Waals surface area contributed by atoms with Gasteiger partial charge in [0.25, 0.3) is 0 Å². The van der Waals surface area contributed by atoms with Crippen LogP contribution in [0.25, 0.3) is 0 Å². The number of nitrogen functional groups attached to an aromatic ring is 1. The van der Waals surface area contributed by atoms with Crippen LogP contribution in [0.3, 0.4) is 0 Å². The molecule has 1 saturated carbocycles. The summed E-state index contributed by atoms with van der Waals surface area (Å²) in [6, 6.07) is 10.4. The molecule has 4 heteroatoms. The maximum Gasteiger partial charge on any atom is 0.141 e. The zero-order chi connectivity index (χ0) is 14.7. The van der Waals surface area contributed by atoms with E-state index in [-0.39, 0.29) is 0 Å². The summed E-state index contributed by atoms with van der Waals surface area (Å²) in [6.07, 6.45) is 5.09. The van der Waals surface area contributed by atoms with Gasteiger partial charge in [-0.05, 0) is 31.4 Å². The summed E-state index contributed by atoms with van der Waals surface area (Å²) in [5.41, 5.74) is 8.40. The van der Waals surface area contributed by atoms with Crippen LogP contribution in [0, 0.1) is 6.92 Å². The fourth-order valence-electron chi connectivity index (χ4n) is 2.90. The van der Waals surface area contributed by atoms with Crippen molar-refractivity contribution < 1.29 is 0 Å². The number of anilines is 1. The summed E-state index contributed by atoms with van der Waals surface area (Å²) in [5, 5.41) is 0. The number of rotatable bonds is 4. The van der Waals surface area contributed by atoms with Crippen LogP contribution in [0.15, 0.2) is 35.2 Å². The van der Waals surface area contributed by atoms with Crippen LogP contribution in [-0.2, 0) is 5.75 Å². The zero-order valence-electron chi connectivity index (χ0n) is 12.4. The molecule has 0 spiro atoms. The molecule has 0 amide bonds. The van der Waals surface area contributed by atoms with Crippen LogP contribution < -0.4 is 5.73 Å². The topological polar surface area (TPSA) is 51.8 Å². The molecule has 2 aromatic rings. The third kappa shape index (κ3) is 3.56. The molecule has 2 N–H and O–H groups in total. The molecule has 1 aromatic heterocycles. The van der Waals surface area contributed by atoms with E-state index in [0.29, 0.717) is 11.7 Å². The van der Waals surface area contributed by atoms with Gasteiger partial charge in [-0.3, -0.25) is 0 Å². The van der Waals surface area contributed by atoms with Crippen molar-refractivity contribution in [2.24, 2.45) is 0 Å². The molecule has 0 unspecified atom stereocenters. The largest absolute Gasteiger partial charge is 0.384 e. The fraction of sp³-hybridized carbons (Fsp3) is 0.412. The Hall–Kier alpha value is -1.55.